The molecule has 4 rings (SSSR count). The standard InChI is InChI=1S/C21H24N4O3S/c1-15(26)25-8-7-16-14-19(5-6-20(16)25)29-24-11-9-23(10-12-24)18-4-2-3-17(13-18)21(27)22-28/h2-6,13-14,28H,7-12H2,1H3,(H,22,27). The molecule has 152 valence electrons. The summed E-state index contributed by atoms with van der Waals surface area (Å²) in [4.78, 5) is 28.6. The Kier molecular flexibility index (Phi) is 5.75. The lowest BCUT2D eigenvalue weighted by atomic mass is 10.1. The van der Waals surface area contributed by atoms with Crippen LogP contribution < -0.4 is 15.3 Å². The van der Waals surface area contributed by atoms with Gasteiger partial charge in [0.15, 0.2) is 0 Å². The van der Waals surface area contributed by atoms with E-state index in [4.69, 9.17) is 5.21 Å². The number of nitrogens with one attached hydrogen (secondary N) is 1. The quantitative estimate of drug-likeness (QED) is 0.457. The Morgan fingerprint density at radius 2 is 1.83 bits per heavy atom. The molecule has 2 N–H and O–H groups in total. The molecule has 0 atom stereocenters. The summed E-state index contributed by atoms with van der Waals surface area (Å²) in [7, 11) is 0. The zero-order valence-corrected chi connectivity index (χ0v) is 17.1. The summed E-state index contributed by atoms with van der Waals surface area (Å²) >= 11 is 1.76. The molecule has 2 heterocycles. The van der Waals surface area contributed by atoms with Crippen LogP contribution in [-0.2, 0) is 11.2 Å². The van der Waals surface area contributed by atoms with Crippen LogP contribution in [0.25, 0.3) is 0 Å². The number of fused-ring (bicyclic) bond motifs is 1. The molecule has 0 aliphatic carbocycles. The number of amides is 2. The molecule has 29 heavy (non-hydrogen) atoms. The molecule has 2 aliphatic rings. The van der Waals surface area contributed by atoms with Crippen molar-refractivity contribution in [1.82, 2.24) is 9.79 Å². The lowest BCUT2D eigenvalue weighted by molar-refractivity contribution is -0.116. The van der Waals surface area contributed by atoms with Crippen LogP contribution in [0.5, 0.6) is 0 Å². The van der Waals surface area contributed by atoms with Gasteiger partial charge in [-0.25, -0.2) is 9.79 Å². The van der Waals surface area contributed by atoms with Gasteiger partial charge >= 0.3 is 0 Å². The zero-order valence-electron chi connectivity index (χ0n) is 16.3. The van der Waals surface area contributed by atoms with Crippen molar-refractivity contribution in [1.29, 1.82) is 0 Å². The van der Waals surface area contributed by atoms with Crippen molar-refractivity contribution in [2.45, 2.75) is 18.2 Å². The molecule has 0 radical (unpaired) electrons. The van der Waals surface area contributed by atoms with Gasteiger partial charge in [-0.15, -0.1) is 0 Å². The average molecular weight is 413 g/mol. The van der Waals surface area contributed by atoms with Gasteiger partial charge < -0.3 is 9.80 Å². The third kappa shape index (κ3) is 4.24. The van der Waals surface area contributed by atoms with Gasteiger partial charge in [-0.1, -0.05) is 6.07 Å². The van der Waals surface area contributed by atoms with Crippen molar-refractivity contribution in [3.63, 3.8) is 0 Å². The van der Waals surface area contributed by atoms with Crippen molar-refractivity contribution in [2.75, 3.05) is 42.5 Å². The number of hydrogen-bond donors (Lipinski definition) is 2. The number of hydrogen-bond acceptors (Lipinski definition) is 6. The number of carbonyl (C=O) groups excluding carboxylic acids is 2. The van der Waals surface area contributed by atoms with Crippen molar-refractivity contribution < 1.29 is 14.8 Å². The number of hydroxylamine groups is 1. The number of carbonyl (C=O) groups is 2. The van der Waals surface area contributed by atoms with Crippen LogP contribution in [0, 0.1) is 0 Å². The fourth-order valence-corrected chi connectivity index (χ4v) is 4.82. The number of piperazine rings is 1. The summed E-state index contributed by atoms with van der Waals surface area (Å²) in [5.74, 6) is -0.401. The van der Waals surface area contributed by atoms with E-state index in [2.05, 4.69) is 27.4 Å². The first-order valence-electron chi connectivity index (χ1n) is 9.68. The molecular weight excluding hydrogens is 388 g/mol. The smallest absolute Gasteiger partial charge is 0.274 e. The van der Waals surface area contributed by atoms with E-state index in [-0.39, 0.29) is 5.91 Å². The monoisotopic (exact) mass is 412 g/mol. The first-order valence-corrected chi connectivity index (χ1v) is 10.5. The molecule has 2 aromatic rings. The largest absolute Gasteiger partial charge is 0.369 e. The molecule has 7 nitrogen and oxygen atoms in total. The van der Waals surface area contributed by atoms with Crippen molar-refractivity contribution in [3.8, 4) is 0 Å². The molecule has 0 saturated carbocycles. The lowest BCUT2D eigenvalue weighted by Gasteiger charge is -2.35. The second-order valence-corrected chi connectivity index (χ2v) is 8.38. The predicted molar refractivity (Wildman–Crippen MR) is 114 cm³/mol. The van der Waals surface area contributed by atoms with E-state index in [1.807, 2.05) is 17.0 Å². The molecule has 2 aromatic carbocycles. The van der Waals surface area contributed by atoms with Crippen LogP contribution in [0.2, 0.25) is 0 Å². The summed E-state index contributed by atoms with van der Waals surface area (Å²) in [5.41, 5.74) is 5.39. The highest BCUT2D eigenvalue weighted by molar-refractivity contribution is 7.97. The minimum absolute atomic E-state index is 0.0980. The number of anilines is 2. The van der Waals surface area contributed by atoms with Gasteiger partial charge in [-0.3, -0.25) is 14.8 Å². The fourth-order valence-electron chi connectivity index (χ4n) is 3.86. The molecule has 2 amide bonds. The Morgan fingerprint density at radius 3 is 2.55 bits per heavy atom. The molecule has 1 fully saturated rings. The maximum atomic E-state index is 11.7. The predicted octanol–water partition coefficient (Wildman–Crippen LogP) is 2.54. The second kappa shape index (κ2) is 8.44. The summed E-state index contributed by atoms with van der Waals surface area (Å²) in [6.45, 7) is 5.91. The first-order chi connectivity index (χ1) is 14.0. The Labute approximate surface area is 174 Å². The van der Waals surface area contributed by atoms with E-state index >= 15 is 0 Å². The molecule has 0 bridgehead atoms. The Bertz CT molecular complexity index is 928. The van der Waals surface area contributed by atoms with E-state index in [0.717, 1.165) is 50.5 Å². The van der Waals surface area contributed by atoms with Gasteiger partial charge in [0.1, 0.15) is 0 Å². The van der Waals surface area contributed by atoms with Crippen molar-refractivity contribution in [2.24, 2.45) is 0 Å². The molecule has 8 heteroatoms. The molecule has 2 aliphatic heterocycles. The normalized spacial score (nSPS) is 16.6. The van der Waals surface area contributed by atoms with E-state index in [0.29, 0.717) is 5.56 Å². The minimum Gasteiger partial charge on any atom is -0.369 e. The van der Waals surface area contributed by atoms with Crippen LogP contribution in [-0.4, -0.2) is 54.1 Å². The average Bonchev–Trinajstić information content (AvgIpc) is 3.17. The summed E-state index contributed by atoms with van der Waals surface area (Å²) in [6, 6.07) is 13.6. The molecule has 0 unspecified atom stereocenters. The Hall–Kier alpha value is -2.55. The van der Waals surface area contributed by atoms with Gasteiger partial charge in [0.05, 0.1) is 0 Å². The van der Waals surface area contributed by atoms with E-state index < -0.39 is 5.91 Å². The van der Waals surface area contributed by atoms with Crippen LogP contribution in [0.3, 0.4) is 0 Å². The van der Waals surface area contributed by atoms with Crippen molar-refractivity contribution in [3.05, 3.63) is 53.6 Å². The Balaban J connectivity index is 1.36. The van der Waals surface area contributed by atoms with E-state index in [9.17, 15) is 9.59 Å². The maximum absolute atomic E-state index is 11.7. The van der Waals surface area contributed by atoms with Crippen LogP contribution in [0.15, 0.2) is 47.4 Å². The number of nitrogens with zero attached hydrogens (tertiary/aromatic N) is 3. The van der Waals surface area contributed by atoms with Gasteiger partial charge in [0.25, 0.3) is 5.91 Å². The van der Waals surface area contributed by atoms with Gasteiger partial charge in [-0.05, 0) is 60.3 Å². The molecule has 1 saturated heterocycles. The number of benzene rings is 2. The maximum Gasteiger partial charge on any atom is 0.274 e. The van der Waals surface area contributed by atoms with Crippen LogP contribution in [0.1, 0.15) is 22.8 Å². The first kappa shape index (κ1) is 19.8. The summed E-state index contributed by atoms with van der Waals surface area (Å²) in [5, 5.41) is 8.82. The topological polar surface area (TPSA) is 76.1 Å². The highest BCUT2D eigenvalue weighted by Gasteiger charge is 2.23. The third-order valence-electron chi connectivity index (χ3n) is 5.37. The second-order valence-electron chi connectivity index (χ2n) is 7.21. The Morgan fingerprint density at radius 1 is 1.03 bits per heavy atom. The SMILES string of the molecule is CC(=O)N1CCc2cc(SN3CCN(c4cccc(C(=O)NO)c4)CC3)ccc21. The van der Waals surface area contributed by atoms with Crippen LogP contribution in [0.4, 0.5) is 11.4 Å². The fraction of sp³-hybridized carbons (Fsp3) is 0.333. The number of rotatable bonds is 4. The van der Waals surface area contributed by atoms with Gasteiger partial charge in [-0.2, -0.15) is 0 Å². The van der Waals surface area contributed by atoms with Gasteiger partial charge in [0, 0.05) is 61.5 Å². The molecule has 0 spiro atoms. The van der Waals surface area contributed by atoms with Gasteiger partial charge in [0.2, 0.25) is 5.91 Å². The minimum atomic E-state index is -0.499. The van der Waals surface area contributed by atoms with E-state index in [1.54, 1.807) is 36.5 Å². The summed E-state index contributed by atoms with van der Waals surface area (Å²) in [6.07, 6.45) is 0.912. The summed E-state index contributed by atoms with van der Waals surface area (Å²) < 4.78 is 2.35. The van der Waals surface area contributed by atoms with Crippen LogP contribution >= 0.6 is 11.9 Å². The molecule has 0 aromatic heterocycles. The lowest BCUT2D eigenvalue weighted by Crippen LogP contribution is -2.43. The van der Waals surface area contributed by atoms with Crippen molar-refractivity contribution >= 4 is 35.1 Å². The third-order valence-corrected chi connectivity index (χ3v) is 6.46. The van der Waals surface area contributed by atoms with E-state index in [1.165, 1.54) is 10.5 Å². The zero-order chi connectivity index (χ0) is 20.4. The molecular formula is C21H24N4O3S. The highest BCUT2D eigenvalue weighted by Crippen LogP contribution is 2.33. The highest BCUT2D eigenvalue weighted by atomic mass is 32.2.